The summed E-state index contributed by atoms with van der Waals surface area (Å²) < 4.78 is 11.4. The molecule has 0 bridgehead atoms. The van der Waals surface area contributed by atoms with Crippen molar-refractivity contribution in [2.24, 2.45) is 0 Å². The Morgan fingerprint density at radius 3 is 2.50 bits per heavy atom. The summed E-state index contributed by atoms with van der Waals surface area (Å²) in [6.45, 7) is 6.05. The quantitative estimate of drug-likeness (QED) is 0.774. The summed E-state index contributed by atoms with van der Waals surface area (Å²) in [5.74, 6) is 2.54. The first-order chi connectivity index (χ1) is 9.63. The van der Waals surface area contributed by atoms with Gasteiger partial charge in [-0.15, -0.1) is 0 Å². The van der Waals surface area contributed by atoms with E-state index in [0.717, 1.165) is 22.6 Å². The zero-order valence-electron chi connectivity index (χ0n) is 11.9. The van der Waals surface area contributed by atoms with Crippen LogP contribution >= 0.6 is 0 Å². The maximum atomic E-state index is 5.77. The van der Waals surface area contributed by atoms with E-state index in [0.29, 0.717) is 5.89 Å². The molecule has 2 heterocycles. The summed E-state index contributed by atoms with van der Waals surface area (Å²) in [6, 6.07) is 11.9. The van der Waals surface area contributed by atoms with Crippen molar-refractivity contribution in [1.29, 1.82) is 0 Å². The van der Waals surface area contributed by atoms with Crippen LogP contribution in [0.4, 0.5) is 0 Å². The Hall–Kier alpha value is -2.07. The summed E-state index contributed by atoms with van der Waals surface area (Å²) in [7, 11) is 0. The van der Waals surface area contributed by atoms with E-state index in [2.05, 4.69) is 17.2 Å². The molecule has 4 nitrogen and oxygen atoms in total. The second kappa shape index (κ2) is 5.13. The molecule has 0 unspecified atom stereocenters. The second-order valence-electron chi connectivity index (χ2n) is 5.08. The third-order valence-corrected chi connectivity index (χ3v) is 3.37. The summed E-state index contributed by atoms with van der Waals surface area (Å²) in [4.78, 5) is 4.50. The van der Waals surface area contributed by atoms with Crippen LogP contribution in [0.3, 0.4) is 0 Å². The van der Waals surface area contributed by atoms with Crippen LogP contribution in [0, 0.1) is 6.92 Å². The molecule has 0 spiro atoms. The van der Waals surface area contributed by atoms with E-state index in [1.165, 1.54) is 0 Å². The molecule has 0 aliphatic carbocycles. The highest BCUT2D eigenvalue weighted by molar-refractivity contribution is 5.72. The summed E-state index contributed by atoms with van der Waals surface area (Å²) in [5, 5.41) is 3.44. The maximum Gasteiger partial charge on any atom is 0.212 e. The molecule has 0 saturated heterocycles. The Bertz CT molecular complexity index is 681. The van der Waals surface area contributed by atoms with Gasteiger partial charge in [-0.25, -0.2) is 4.98 Å². The number of furan rings is 1. The van der Waals surface area contributed by atoms with Crippen molar-refractivity contribution in [1.82, 2.24) is 10.3 Å². The van der Waals surface area contributed by atoms with E-state index in [1.807, 2.05) is 50.2 Å². The first kappa shape index (κ1) is 12.9. The third kappa shape index (κ3) is 2.47. The van der Waals surface area contributed by atoms with Gasteiger partial charge in [0.1, 0.15) is 17.0 Å². The van der Waals surface area contributed by atoms with Gasteiger partial charge < -0.3 is 8.83 Å². The fraction of sp³-hybridized carbons (Fsp3) is 0.312. The first-order valence-electron chi connectivity index (χ1n) is 6.81. The molecule has 4 heteroatoms. The highest BCUT2D eigenvalue weighted by Crippen LogP contribution is 2.23. The van der Waals surface area contributed by atoms with Gasteiger partial charge in [0.15, 0.2) is 5.58 Å². The van der Waals surface area contributed by atoms with Crippen molar-refractivity contribution in [3.05, 3.63) is 53.8 Å². The molecule has 1 N–H and O–H groups in total. The average molecular weight is 270 g/mol. The van der Waals surface area contributed by atoms with Gasteiger partial charge in [-0.1, -0.05) is 12.1 Å². The number of aryl methyl sites for hydroxylation is 1. The normalized spacial score (nSPS) is 14.6. The number of hydrogen-bond acceptors (Lipinski definition) is 4. The number of benzene rings is 1. The molecule has 1 aromatic carbocycles. The molecule has 2 atom stereocenters. The van der Waals surface area contributed by atoms with Crippen molar-refractivity contribution in [3.63, 3.8) is 0 Å². The molecule has 0 amide bonds. The highest BCUT2D eigenvalue weighted by Gasteiger charge is 2.18. The molecule has 0 fully saturated rings. The molecule has 0 radical (unpaired) electrons. The number of para-hydroxylation sites is 2. The van der Waals surface area contributed by atoms with Crippen LogP contribution in [0.15, 0.2) is 45.2 Å². The van der Waals surface area contributed by atoms with Crippen molar-refractivity contribution in [2.75, 3.05) is 0 Å². The predicted molar refractivity (Wildman–Crippen MR) is 77.4 cm³/mol. The second-order valence-corrected chi connectivity index (χ2v) is 5.08. The monoisotopic (exact) mass is 270 g/mol. The fourth-order valence-corrected chi connectivity index (χ4v) is 2.29. The van der Waals surface area contributed by atoms with Crippen LogP contribution in [0.5, 0.6) is 0 Å². The van der Waals surface area contributed by atoms with Gasteiger partial charge >= 0.3 is 0 Å². The van der Waals surface area contributed by atoms with Gasteiger partial charge in [0.25, 0.3) is 0 Å². The van der Waals surface area contributed by atoms with E-state index in [4.69, 9.17) is 8.83 Å². The molecule has 0 aliphatic heterocycles. The number of rotatable bonds is 4. The SMILES string of the molecule is Cc1ccc([C@@H](C)N[C@@H](C)c2nc3ccccc3o2)o1. The molecular weight excluding hydrogens is 252 g/mol. The fourth-order valence-electron chi connectivity index (χ4n) is 2.29. The van der Waals surface area contributed by atoms with Crippen LogP contribution < -0.4 is 5.32 Å². The molecule has 0 aliphatic rings. The first-order valence-corrected chi connectivity index (χ1v) is 6.81. The minimum Gasteiger partial charge on any atom is -0.465 e. The maximum absolute atomic E-state index is 5.77. The Balaban J connectivity index is 1.76. The Labute approximate surface area is 117 Å². The van der Waals surface area contributed by atoms with Gasteiger partial charge in [0, 0.05) is 0 Å². The van der Waals surface area contributed by atoms with Gasteiger partial charge in [0.2, 0.25) is 5.89 Å². The Kier molecular flexibility index (Phi) is 3.32. The summed E-state index contributed by atoms with van der Waals surface area (Å²) in [6.07, 6.45) is 0. The molecule has 104 valence electrons. The van der Waals surface area contributed by atoms with Crippen LogP contribution in [0.2, 0.25) is 0 Å². The largest absolute Gasteiger partial charge is 0.465 e. The van der Waals surface area contributed by atoms with Crippen molar-refractivity contribution in [3.8, 4) is 0 Å². The van der Waals surface area contributed by atoms with Crippen molar-refractivity contribution >= 4 is 11.1 Å². The number of hydrogen-bond donors (Lipinski definition) is 1. The third-order valence-electron chi connectivity index (χ3n) is 3.37. The van der Waals surface area contributed by atoms with Crippen LogP contribution in [-0.4, -0.2) is 4.98 Å². The van der Waals surface area contributed by atoms with Gasteiger partial charge in [-0.05, 0) is 45.0 Å². The number of oxazole rings is 1. The lowest BCUT2D eigenvalue weighted by Gasteiger charge is -2.15. The highest BCUT2D eigenvalue weighted by atomic mass is 16.4. The molecule has 20 heavy (non-hydrogen) atoms. The standard InChI is InChI=1S/C16H18N2O2/c1-10-8-9-14(19-10)11(2)17-12(3)16-18-13-6-4-5-7-15(13)20-16/h4-9,11-12,17H,1-3H3/t11-,12+/m1/s1. The van der Waals surface area contributed by atoms with Crippen LogP contribution in [0.25, 0.3) is 11.1 Å². The lowest BCUT2D eigenvalue weighted by Crippen LogP contribution is -2.22. The Morgan fingerprint density at radius 1 is 1.00 bits per heavy atom. The molecule has 3 aromatic rings. The molecule has 3 rings (SSSR count). The summed E-state index contributed by atoms with van der Waals surface area (Å²) in [5.41, 5.74) is 1.70. The molecule has 0 saturated carbocycles. The molecular formula is C16H18N2O2. The average Bonchev–Trinajstić information content (AvgIpc) is 3.04. The topological polar surface area (TPSA) is 51.2 Å². The van der Waals surface area contributed by atoms with E-state index >= 15 is 0 Å². The lowest BCUT2D eigenvalue weighted by atomic mass is 10.2. The number of nitrogens with zero attached hydrogens (tertiary/aromatic N) is 1. The minimum absolute atomic E-state index is 0.0165. The number of fused-ring (bicyclic) bond motifs is 1. The number of nitrogens with one attached hydrogen (secondary N) is 1. The van der Waals surface area contributed by atoms with Gasteiger partial charge in [-0.2, -0.15) is 0 Å². The van der Waals surface area contributed by atoms with E-state index < -0.39 is 0 Å². The van der Waals surface area contributed by atoms with Crippen LogP contribution in [0.1, 0.15) is 43.3 Å². The smallest absolute Gasteiger partial charge is 0.212 e. The van der Waals surface area contributed by atoms with E-state index in [-0.39, 0.29) is 12.1 Å². The van der Waals surface area contributed by atoms with E-state index in [1.54, 1.807) is 0 Å². The predicted octanol–water partition coefficient (Wildman–Crippen LogP) is 4.14. The minimum atomic E-state index is 0.0165. The summed E-state index contributed by atoms with van der Waals surface area (Å²) >= 11 is 0. The zero-order chi connectivity index (χ0) is 14.1. The number of aromatic nitrogens is 1. The Morgan fingerprint density at radius 2 is 1.80 bits per heavy atom. The van der Waals surface area contributed by atoms with Gasteiger partial charge in [-0.3, -0.25) is 5.32 Å². The van der Waals surface area contributed by atoms with Crippen LogP contribution in [-0.2, 0) is 0 Å². The van der Waals surface area contributed by atoms with Crippen molar-refractivity contribution < 1.29 is 8.83 Å². The van der Waals surface area contributed by atoms with Crippen molar-refractivity contribution in [2.45, 2.75) is 32.9 Å². The van der Waals surface area contributed by atoms with Gasteiger partial charge in [0.05, 0.1) is 12.1 Å². The van der Waals surface area contributed by atoms with E-state index in [9.17, 15) is 0 Å². The molecule has 2 aromatic heterocycles. The lowest BCUT2D eigenvalue weighted by molar-refractivity contribution is 0.360. The zero-order valence-corrected chi connectivity index (χ0v) is 11.9.